The topological polar surface area (TPSA) is 84.5 Å². The summed E-state index contributed by atoms with van der Waals surface area (Å²) in [7, 11) is -4.06. The standard InChI is InChI=1S/C23H22F2N2O4S/c1-2-31-18-9-11-19(12-10-18)32(29,30)27-22(14-16-6-4-3-5-7-16)23(28)26-17-8-13-20(24)21(25)15-17/h3-13,15,22,27H,2,14H2,1H3,(H,26,28)/t22-/m1/s1. The van der Waals surface area contributed by atoms with Gasteiger partial charge in [-0.25, -0.2) is 17.2 Å². The Labute approximate surface area is 185 Å². The van der Waals surface area contributed by atoms with Crippen molar-refractivity contribution in [2.45, 2.75) is 24.3 Å². The van der Waals surface area contributed by atoms with Crippen LogP contribution in [-0.4, -0.2) is 27.0 Å². The summed E-state index contributed by atoms with van der Waals surface area (Å²) in [6.45, 7) is 2.25. The summed E-state index contributed by atoms with van der Waals surface area (Å²) in [4.78, 5) is 12.8. The van der Waals surface area contributed by atoms with Gasteiger partial charge in [0.05, 0.1) is 11.5 Å². The van der Waals surface area contributed by atoms with Gasteiger partial charge in [-0.3, -0.25) is 4.79 Å². The summed E-state index contributed by atoms with van der Waals surface area (Å²) < 4.78 is 60.2. The lowest BCUT2D eigenvalue weighted by atomic mass is 10.1. The molecule has 0 aromatic heterocycles. The van der Waals surface area contributed by atoms with Gasteiger partial charge in [0.15, 0.2) is 11.6 Å². The molecule has 0 spiro atoms. The van der Waals surface area contributed by atoms with Gasteiger partial charge in [-0.05, 0) is 55.3 Å². The van der Waals surface area contributed by atoms with Crippen molar-refractivity contribution in [1.82, 2.24) is 4.72 Å². The number of rotatable bonds is 9. The van der Waals surface area contributed by atoms with Crippen LogP contribution in [0.15, 0.2) is 77.7 Å². The zero-order valence-electron chi connectivity index (χ0n) is 17.2. The van der Waals surface area contributed by atoms with Crippen LogP contribution in [0.1, 0.15) is 12.5 Å². The van der Waals surface area contributed by atoms with Crippen LogP contribution in [0.2, 0.25) is 0 Å². The molecule has 0 aliphatic heterocycles. The summed E-state index contributed by atoms with van der Waals surface area (Å²) in [6, 6.07) is 16.3. The number of sulfonamides is 1. The minimum Gasteiger partial charge on any atom is -0.494 e. The Morgan fingerprint density at radius 3 is 2.28 bits per heavy atom. The van der Waals surface area contributed by atoms with Crippen LogP contribution >= 0.6 is 0 Å². The predicted molar refractivity (Wildman–Crippen MR) is 117 cm³/mol. The number of benzene rings is 3. The second-order valence-electron chi connectivity index (χ2n) is 6.89. The molecule has 0 bridgehead atoms. The second kappa shape index (κ2) is 10.3. The number of ether oxygens (including phenoxy) is 1. The highest BCUT2D eigenvalue weighted by molar-refractivity contribution is 7.89. The monoisotopic (exact) mass is 460 g/mol. The maximum Gasteiger partial charge on any atom is 0.242 e. The Kier molecular flexibility index (Phi) is 7.55. The Hall–Kier alpha value is -3.30. The first-order valence-electron chi connectivity index (χ1n) is 9.83. The highest BCUT2D eigenvalue weighted by Crippen LogP contribution is 2.18. The Morgan fingerprint density at radius 1 is 0.969 bits per heavy atom. The zero-order chi connectivity index (χ0) is 23.1. The average molecular weight is 461 g/mol. The minimum atomic E-state index is -4.06. The number of carbonyl (C=O) groups is 1. The summed E-state index contributed by atoms with van der Waals surface area (Å²) in [5, 5.41) is 2.44. The van der Waals surface area contributed by atoms with Gasteiger partial charge >= 0.3 is 0 Å². The number of carbonyl (C=O) groups excluding carboxylic acids is 1. The van der Waals surface area contributed by atoms with E-state index in [1.54, 1.807) is 30.3 Å². The fourth-order valence-corrected chi connectivity index (χ4v) is 4.17. The second-order valence-corrected chi connectivity index (χ2v) is 8.60. The fourth-order valence-electron chi connectivity index (χ4n) is 2.98. The molecular formula is C23H22F2N2O4S. The fraction of sp³-hybridized carbons (Fsp3) is 0.174. The van der Waals surface area contributed by atoms with E-state index in [1.165, 1.54) is 30.3 Å². The van der Waals surface area contributed by atoms with Crippen LogP contribution in [0.3, 0.4) is 0 Å². The van der Waals surface area contributed by atoms with Crippen molar-refractivity contribution in [3.8, 4) is 5.75 Å². The smallest absolute Gasteiger partial charge is 0.242 e. The molecule has 168 valence electrons. The van der Waals surface area contributed by atoms with Crippen molar-refractivity contribution in [1.29, 1.82) is 0 Å². The number of amides is 1. The van der Waals surface area contributed by atoms with Crippen molar-refractivity contribution in [3.63, 3.8) is 0 Å². The molecule has 3 aromatic rings. The number of nitrogens with one attached hydrogen (secondary N) is 2. The molecular weight excluding hydrogens is 438 g/mol. The Bertz CT molecular complexity index is 1170. The molecule has 0 aliphatic rings. The lowest BCUT2D eigenvalue weighted by Gasteiger charge is -2.19. The van der Waals surface area contributed by atoms with Crippen molar-refractivity contribution in [2.75, 3.05) is 11.9 Å². The van der Waals surface area contributed by atoms with E-state index in [4.69, 9.17) is 4.74 Å². The largest absolute Gasteiger partial charge is 0.494 e. The molecule has 1 atom stereocenters. The summed E-state index contributed by atoms with van der Waals surface area (Å²) in [5.74, 6) is -2.38. The van der Waals surface area contributed by atoms with Gasteiger partial charge in [0.1, 0.15) is 11.8 Å². The molecule has 0 saturated heterocycles. The molecule has 0 unspecified atom stereocenters. The number of anilines is 1. The molecule has 3 aromatic carbocycles. The normalized spacial score (nSPS) is 12.2. The zero-order valence-corrected chi connectivity index (χ0v) is 18.0. The maximum atomic E-state index is 13.5. The third-order valence-corrected chi connectivity index (χ3v) is 6.02. The average Bonchev–Trinajstić information content (AvgIpc) is 2.77. The van der Waals surface area contributed by atoms with E-state index in [-0.39, 0.29) is 17.0 Å². The molecule has 6 nitrogen and oxygen atoms in total. The highest BCUT2D eigenvalue weighted by Gasteiger charge is 2.26. The van der Waals surface area contributed by atoms with Gasteiger partial charge in [-0.1, -0.05) is 30.3 Å². The van der Waals surface area contributed by atoms with E-state index in [0.717, 1.165) is 12.1 Å². The van der Waals surface area contributed by atoms with Crippen molar-refractivity contribution in [3.05, 3.63) is 90.0 Å². The maximum absolute atomic E-state index is 13.5. The molecule has 0 aliphatic carbocycles. The van der Waals surface area contributed by atoms with Gasteiger partial charge in [-0.15, -0.1) is 0 Å². The third kappa shape index (κ3) is 6.12. The van der Waals surface area contributed by atoms with Gasteiger partial charge in [0.25, 0.3) is 0 Å². The van der Waals surface area contributed by atoms with E-state index in [1.807, 2.05) is 6.92 Å². The molecule has 32 heavy (non-hydrogen) atoms. The first-order valence-corrected chi connectivity index (χ1v) is 11.3. The van der Waals surface area contributed by atoms with E-state index in [9.17, 15) is 22.0 Å². The van der Waals surface area contributed by atoms with Crippen LogP contribution in [-0.2, 0) is 21.2 Å². The number of halogens is 2. The van der Waals surface area contributed by atoms with E-state index < -0.39 is 33.6 Å². The molecule has 2 N–H and O–H groups in total. The quantitative estimate of drug-likeness (QED) is 0.507. The first kappa shape index (κ1) is 23.4. The number of hydrogen-bond acceptors (Lipinski definition) is 4. The lowest BCUT2D eigenvalue weighted by molar-refractivity contribution is -0.117. The van der Waals surface area contributed by atoms with Crippen LogP contribution in [0.5, 0.6) is 5.75 Å². The molecule has 0 fully saturated rings. The molecule has 3 rings (SSSR count). The van der Waals surface area contributed by atoms with Crippen LogP contribution in [0, 0.1) is 11.6 Å². The molecule has 0 heterocycles. The first-order chi connectivity index (χ1) is 15.3. The van der Waals surface area contributed by atoms with E-state index in [0.29, 0.717) is 17.9 Å². The Morgan fingerprint density at radius 2 is 1.66 bits per heavy atom. The highest BCUT2D eigenvalue weighted by atomic mass is 32.2. The number of hydrogen-bond donors (Lipinski definition) is 2. The van der Waals surface area contributed by atoms with Crippen LogP contribution < -0.4 is 14.8 Å². The SMILES string of the molecule is CCOc1ccc(S(=O)(=O)N[C@H](Cc2ccccc2)C(=O)Nc2ccc(F)c(F)c2)cc1. The predicted octanol–water partition coefficient (Wildman–Crippen LogP) is 3.89. The lowest BCUT2D eigenvalue weighted by Crippen LogP contribution is -2.45. The van der Waals surface area contributed by atoms with Crippen LogP contribution in [0.25, 0.3) is 0 Å². The summed E-state index contributed by atoms with van der Waals surface area (Å²) in [5.41, 5.74) is 0.722. The summed E-state index contributed by atoms with van der Waals surface area (Å²) >= 11 is 0. The minimum absolute atomic E-state index is 0.00669. The molecule has 9 heteroatoms. The van der Waals surface area contributed by atoms with Gasteiger partial charge < -0.3 is 10.1 Å². The molecule has 1 amide bonds. The van der Waals surface area contributed by atoms with E-state index >= 15 is 0 Å². The van der Waals surface area contributed by atoms with E-state index in [2.05, 4.69) is 10.0 Å². The van der Waals surface area contributed by atoms with Gasteiger partial charge in [0, 0.05) is 11.8 Å². The van der Waals surface area contributed by atoms with Crippen LogP contribution in [0.4, 0.5) is 14.5 Å². The van der Waals surface area contributed by atoms with Crippen molar-refractivity contribution in [2.24, 2.45) is 0 Å². The Balaban J connectivity index is 1.84. The third-order valence-electron chi connectivity index (χ3n) is 4.53. The van der Waals surface area contributed by atoms with Crippen molar-refractivity contribution < 1.29 is 26.7 Å². The summed E-state index contributed by atoms with van der Waals surface area (Å²) in [6.07, 6.45) is 0.0482. The molecule has 0 radical (unpaired) electrons. The van der Waals surface area contributed by atoms with Crippen molar-refractivity contribution >= 4 is 21.6 Å². The van der Waals surface area contributed by atoms with Gasteiger partial charge in [0.2, 0.25) is 15.9 Å². The molecule has 0 saturated carbocycles. The van der Waals surface area contributed by atoms with Gasteiger partial charge in [-0.2, -0.15) is 4.72 Å².